The van der Waals surface area contributed by atoms with Crippen LogP contribution < -0.4 is 15.6 Å². The van der Waals surface area contributed by atoms with Crippen LogP contribution in [0.4, 0.5) is 15.8 Å². The van der Waals surface area contributed by atoms with Crippen molar-refractivity contribution >= 4 is 34.0 Å². The Morgan fingerprint density at radius 3 is 2.96 bits per heavy atom. The third-order valence-electron chi connectivity index (χ3n) is 4.74. The van der Waals surface area contributed by atoms with Crippen LogP contribution in [0.25, 0.3) is 22.2 Å². The highest BCUT2D eigenvalue weighted by atomic mass is 35.5. The van der Waals surface area contributed by atoms with Crippen LogP contribution in [0, 0.1) is 5.82 Å². The number of H-pyrrole nitrogens is 1. The van der Waals surface area contributed by atoms with E-state index in [2.05, 4.69) is 15.3 Å². The summed E-state index contributed by atoms with van der Waals surface area (Å²) in [5.74, 6) is -0.0828. The van der Waals surface area contributed by atoms with Crippen molar-refractivity contribution in [2.45, 2.75) is 6.54 Å². The lowest BCUT2D eigenvalue weighted by atomic mass is 10.1. The summed E-state index contributed by atoms with van der Waals surface area (Å²) >= 11 is 6.03. The van der Waals surface area contributed by atoms with Gasteiger partial charge in [-0.3, -0.25) is 9.36 Å². The van der Waals surface area contributed by atoms with Crippen molar-refractivity contribution in [3.05, 3.63) is 70.0 Å². The zero-order valence-electron chi connectivity index (χ0n) is 14.5. The van der Waals surface area contributed by atoms with Crippen LogP contribution >= 0.6 is 11.6 Å². The van der Waals surface area contributed by atoms with Crippen LogP contribution in [0.3, 0.4) is 0 Å². The van der Waals surface area contributed by atoms with Gasteiger partial charge in [0.1, 0.15) is 23.8 Å². The van der Waals surface area contributed by atoms with Crippen LogP contribution in [0.1, 0.15) is 0 Å². The molecular weight excluding hydrogens is 383 g/mol. The minimum Gasteiger partial charge on any atom is -0.475 e. The van der Waals surface area contributed by atoms with Crippen LogP contribution in [-0.4, -0.2) is 21.1 Å². The summed E-state index contributed by atoms with van der Waals surface area (Å²) in [5.41, 5.74) is 2.15. The van der Waals surface area contributed by atoms with E-state index in [9.17, 15) is 9.18 Å². The molecule has 0 bridgehead atoms. The molecule has 0 amide bonds. The number of anilines is 2. The monoisotopic (exact) mass is 396 g/mol. The van der Waals surface area contributed by atoms with Crippen molar-refractivity contribution in [2.24, 2.45) is 0 Å². The molecular formula is C20H14ClFN4O2. The Morgan fingerprint density at radius 1 is 1.18 bits per heavy atom. The van der Waals surface area contributed by atoms with E-state index < -0.39 is 5.82 Å². The molecule has 28 heavy (non-hydrogen) atoms. The molecule has 4 aromatic rings. The summed E-state index contributed by atoms with van der Waals surface area (Å²) in [4.78, 5) is 20.3. The first-order valence-electron chi connectivity index (χ1n) is 8.67. The molecule has 0 atom stereocenters. The van der Waals surface area contributed by atoms with E-state index in [4.69, 9.17) is 16.3 Å². The van der Waals surface area contributed by atoms with E-state index in [-0.39, 0.29) is 16.7 Å². The quantitative estimate of drug-likeness (QED) is 0.541. The zero-order valence-corrected chi connectivity index (χ0v) is 15.3. The Morgan fingerprint density at radius 2 is 2.07 bits per heavy atom. The van der Waals surface area contributed by atoms with Crippen LogP contribution in [0.2, 0.25) is 5.02 Å². The van der Waals surface area contributed by atoms with Gasteiger partial charge in [0.05, 0.1) is 17.8 Å². The number of aromatic nitrogens is 3. The van der Waals surface area contributed by atoms with E-state index >= 15 is 0 Å². The topological polar surface area (TPSA) is 71.9 Å². The van der Waals surface area contributed by atoms with Gasteiger partial charge in [0.25, 0.3) is 5.56 Å². The standard InChI is InChI=1S/C20H14ClFN4O2/c21-11-1-2-15(22)13(9-11)14-10-17(20-26(19(14)27)7-8-28-20)25-16-4-6-24-18-12(16)3-5-23-18/h1-6,9-10H,7-8H2,(H2,23,24,25). The third-order valence-corrected chi connectivity index (χ3v) is 4.98. The maximum absolute atomic E-state index is 14.4. The maximum Gasteiger partial charge on any atom is 0.261 e. The number of nitrogens with zero attached hydrogens (tertiary/aromatic N) is 2. The molecule has 0 saturated heterocycles. The number of nitrogens with one attached hydrogen (secondary N) is 2. The number of ether oxygens (including phenoxy) is 1. The fourth-order valence-electron chi connectivity index (χ4n) is 3.44. The molecule has 1 aliphatic rings. The van der Waals surface area contributed by atoms with E-state index in [1.54, 1.807) is 18.5 Å². The van der Waals surface area contributed by atoms with Crippen molar-refractivity contribution in [3.8, 4) is 17.0 Å². The number of aromatic amines is 1. The van der Waals surface area contributed by atoms with E-state index in [0.717, 1.165) is 16.7 Å². The molecule has 0 radical (unpaired) electrons. The van der Waals surface area contributed by atoms with Gasteiger partial charge in [0.2, 0.25) is 5.88 Å². The predicted molar refractivity (Wildman–Crippen MR) is 106 cm³/mol. The minimum absolute atomic E-state index is 0.157. The summed E-state index contributed by atoms with van der Waals surface area (Å²) in [5, 5.41) is 4.55. The Balaban J connectivity index is 1.70. The van der Waals surface area contributed by atoms with Gasteiger partial charge in [-0.2, -0.15) is 0 Å². The van der Waals surface area contributed by atoms with Gasteiger partial charge in [-0.15, -0.1) is 0 Å². The highest BCUT2D eigenvalue weighted by molar-refractivity contribution is 6.30. The number of rotatable bonds is 3. The van der Waals surface area contributed by atoms with E-state index in [0.29, 0.717) is 29.7 Å². The third kappa shape index (κ3) is 2.63. The maximum atomic E-state index is 14.4. The number of hydrogen-bond donors (Lipinski definition) is 2. The molecule has 0 saturated carbocycles. The van der Waals surface area contributed by atoms with Gasteiger partial charge in [-0.1, -0.05) is 11.6 Å². The van der Waals surface area contributed by atoms with Gasteiger partial charge in [0, 0.05) is 28.4 Å². The zero-order chi connectivity index (χ0) is 19.3. The van der Waals surface area contributed by atoms with Crippen molar-refractivity contribution in [1.82, 2.24) is 14.5 Å². The lowest BCUT2D eigenvalue weighted by molar-refractivity contribution is 0.358. The number of fused-ring (bicyclic) bond motifs is 2. The first-order chi connectivity index (χ1) is 13.6. The molecule has 6 nitrogen and oxygen atoms in total. The minimum atomic E-state index is -0.510. The summed E-state index contributed by atoms with van der Waals surface area (Å²) < 4.78 is 21.6. The summed E-state index contributed by atoms with van der Waals surface area (Å²) in [6.07, 6.45) is 3.47. The summed E-state index contributed by atoms with van der Waals surface area (Å²) in [6.45, 7) is 0.774. The predicted octanol–water partition coefficient (Wildman–Crippen LogP) is 4.32. The molecule has 1 aliphatic heterocycles. The van der Waals surface area contributed by atoms with Gasteiger partial charge in [0.15, 0.2) is 0 Å². The molecule has 8 heteroatoms. The van der Waals surface area contributed by atoms with Crippen LogP contribution in [0.15, 0.2) is 53.6 Å². The Bertz CT molecular complexity index is 1280. The van der Waals surface area contributed by atoms with Gasteiger partial charge >= 0.3 is 0 Å². The molecule has 2 N–H and O–H groups in total. The largest absolute Gasteiger partial charge is 0.475 e. The molecule has 0 aliphatic carbocycles. The molecule has 0 unspecified atom stereocenters. The average Bonchev–Trinajstić information content (AvgIpc) is 3.36. The van der Waals surface area contributed by atoms with Gasteiger partial charge < -0.3 is 15.0 Å². The fourth-order valence-corrected chi connectivity index (χ4v) is 3.62. The smallest absolute Gasteiger partial charge is 0.261 e. The second-order valence-corrected chi connectivity index (χ2v) is 6.87. The Hall–Kier alpha value is -3.32. The molecule has 3 aromatic heterocycles. The molecule has 0 fully saturated rings. The first kappa shape index (κ1) is 16.8. The lowest BCUT2D eigenvalue weighted by Gasteiger charge is -2.14. The number of benzene rings is 1. The highest BCUT2D eigenvalue weighted by Gasteiger charge is 2.23. The summed E-state index contributed by atoms with van der Waals surface area (Å²) in [7, 11) is 0. The number of hydrogen-bond acceptors (Lipinski definition) is 4. The molecule has 140 valence electrons. The SMILES string of the molecule is O=c1c(-c2cc(Cl)ccc2F)cc(Nc2ccnc3[nH]ccc23)c2n1CCO2. The van der Waals surface area contributed by atoms with Gasteiger partial charge in [-0.05, 0) is 36.4 Å². The highest BCUT2D eigenvalue weighted by Crippen LogP contribution is 2.35. The van der Waals surface area contributed by atoms with Crippen LogP contribution in [-0.2, 0) is 6.54 Å². The van der Waals surface area contributed by atoms with Crippen molar-refractivity contribution in [2.75, 3.05) is 11.9 Å². The van der Waals surface area contributed by atoms with Gasteiger partial charge in [-0.25, -0.2) is 9.37 Å². The van der Waals surface area contributed by atoms with Crippen molar-refractivity contribution < 1.29 is 9.13 Å². The molecule has 4 heterocycles. The molecule has 5 rings (SSSR count). The van der Waals surface area contributed by atoms with E-state index in [1.165, 1.54) is 22.8 Å². The second-order valence-electron chi connectivity index (χ2n) is 6.43. The number of halogens is 2. The normalized spacial score (nSPS) is 12.8. The van der Waals surface area contributed by atoms with Crippen LogP contribution in [0.5, 0.6) is 5.88 Å². The Kier molecular flexibility index (Phi) is 3.84. The average molecular weight is 397 g/mol. The molecule has 1 aromatic carbocycles. The second kappa shape index (κ2) is 6.38. The lowest BCUT2D eigenvalue weighted by Crippen LogP contribution is -2.20. The van der Waals surface area contributed by atoms with E-state index in [1.807, 2.05) is 12.1 Å². The Labute approximate surface area is 163 Å². The first-order valence-corrected chi connectivity index (χ1v) is 9.05. The fraction of sp³-hybridized carbons (Fsp3) is 0.100. The number of pyridine rings is 2. The summed E-state index contributed by atoms with van der Waals surface area (Å²) in [6, 6.07) is 9.49. The molecule has 0 spiro atoms. The van der Waals surface area contributed by atoms with Crippen molar-refractivity contribution in [3.63, 3.8) is 0 Å². The van der Waals surface area contributed by atoms with Crippen molar-refractivity contribution in [1.29, 1.82) is 0 Å².